The van der Waals surface area contributed by atoms with E-state index in [-0.39, 0.29) is 5.82 Å². The number of hydrogen-bond donors (Lipinski definition) is 1. The van der Waals surface area contributed by atoms with E-state index >= 15 is 0 Å². The van der Waals surface area contributed by atoms with E-state index in [2.05, 4.69) is 15.9 Å². The molecule has 1 aromatic rings. The average Bonchev–Trinajstić information content (AvgIpc) is 2.29. The van der Waals surface area contributed by atoms with Gasteiger partial charge in [0.25, 0.3) is 0 Å². The first-order valence-corrected chi connectivity index (χ1v) is 5.27. The third-order valence-corrected chi connectivity index (χ3v) is 2.85. The van der Waals surface area contributed by atoms with Crippen molar-refractivity contribution in [3.8, 4) is 5.75 Å². The molecule has 4 heteroatoms. The molecular weight excluding hydrogens is 251 g/mol. The largest absolute Gasteiger partial charge is 0.492 e. The Bertz CT molecular complexity index is 354. The van der Waals surface area contributed by atoms with Crippen molar-refractivity contribution in [2.75, 3.05) is 6.61 Å². The second-order valence-electron chi connectivity index (χ2n) is 3.31. The van der Waals surface area contributed by atoms with Crippen molar-refractivity contribution in [3.05, 3.63) is 28.0 Å². The Kier molecular flexibility index (Phi) is 2.74. The predicted molar refractivity (Wildman–Crippen MR) is 53.8 cm³/mol. The minimum absolute atomic E-state index is 0.361. The fraction of sp³-hybridized carbons (Fsp3) is 0.400. The van der Waals surface area contributed by atoms with Crippen LogP contribution in [0.25, 0.3) is 0 Å². The highest BCUT2D eigenvalue weighted by molar-refractivity contribution is 9.10. The molecule has 1 aliphatic rings. The van der Waals surface area contributed by atoms with Crippen LogP contribution in [0, 0.1) is 5.82 Å². The molecule has 0 fully saturated rings. The van der Waals surface area contributed by atoms with Crippen molar-refractivity contribution >= 4 is 15.9 Å². The summed E-state index contributed by atoms with van der Waals surface area (Å²) in [5.41, 5.74) is 0.536. The molecule has 1 N–H and O–H groups in total. The Hall–Kier alpha value is -0.610. The number of ether oxygens (including phenoxy) is 1. The molecule has 0 amide bonds. The van der Waals surface area contributed by atoms with Gasteiger partial charge in [-0.2, -0.15) is 0 Å². The molecule has 1 atom stereocenters. The zero-order valence-electron chi connectivity index (χ0n) is 7.46. The summed E-state index contributed by atoms with van der Waals surface area (Å²) < 4.78 is 19.1. The number of hydrogen-bond acceptors (Lipinski definition) is 2. The van der Waals surface area contributed by atoms with Crippen LogP contribution in [-0.2, 0) is 0 Å². The van der Waals surface area contributed by atoms with Gasteiger partial charge < -0.3 is 9.84 Å². The summed E-state index contributed by atoms with van der Waals surface area (Å²) in [6.07, 6.45) is 0.770. The molecule has 2 nitrogen and oxygen atoms in total. The first-order chi connectivity index (χ1) is 6.68. The van der Waals surface area contributed by atoms with Crippen LogP contribution < -0.4 is 4.74 Å². The molecule has 14 heavy (non-hydrogen) atoms. The van der Waals surface area contributed by atoms with Gasteiger partial charge in [-0.15, -0.1) is 0 Å². The minimum Gasteiger partial charge on any atom is -0.492 e. The van der Waals surface area contributed by atoms with Gasteiger partial charge in [-0.1, -0.05) is 0 Å². The van der Waals surface area contributed by atoms with Gasteiger partial charge in [0.15, 0.2) is 0 Å². The van der Waals surface area contributed by atoms with Crippen molar-refractivity contribution in [2.45, 2.75) is 18.9 Å². The third-order valence-electron chi connectivity index (χ3n) is 2.26. The number of benzene rings is 1. The van der Waals surface area contributed by atoms with Gasteiger partial charge in [-0.25, -0.2) is 4.39 Å². The van der Waals surface area contributed by atoms with Gasteiger partial charge in [0, 0.05) is 5.56 Å². The van der Waals surface area contributed by atoms with E-state index in [9.17, 15) is 9.50 Å². The van der Waals surface area contributed by atoms with E-state index < -0.39 is 6.10 Å². The summed E-state index contributed by atoms with van der Waals surface area (Å²) in [4.78, 5) is 0. The lowest BCUT2D eigenvalue weighted by atomic mass is 10.1. The summed E-state index contributed by atoms with van der Waals surface area (Å²) in [7, 11) is 0. The van der Waals surface area contributed by atoms with E-state index in [1.54, 1.807) is 0 Å². The Morgan fingerprint density at radius 1 is 1.50 bits per heavy atom. The molecule has 0 spiro atoms. The summed E-state index contributed by atoms with van der Waals surface area (Å²) in [6, 6.07) is 2.67. The molecular formula is C10H10BrFO2. The lowest BCUT2D eigenvalue weighted by Gasteiger charge is -2.12. The number of rotatable bonds is 0. The van der Waals surface area contributed by atoms with Crippen molar-refractivity contribution < 1.29 is 14.2 Å². The van der Waals surface area contributed by atoms with Gasteiger partial charge in [-0.05, 0) is 40.9 Å². The molecule has 1 aliphatic heterocycles. The molecule has 0 radical (unpaired) electrons. The van der Waals surface area contributed by atoms with Crippen molar-refractivity contribution in [1.82, 2.24) is 0 Å². The smallest absolute Gasteiger partial charge is 0.139 e. The molecule has 0 aliphatic carbocycles. The highest BCUT2D eigenvalue weighted by Gasteiger charge is 2.20. The quantitative estimate of drug-likeness (QED) is 0.778. The average molecular weight is 261 g/mol. The summed E-state index contributed by atoms with van der Waals surface area (Å²) >= 11 is 3.22. The van der Waals surface area contributed by atoms with E-state index in [1.165, 1.54) is 12.1 Å². The van der Waals surface area contributed by atoms with Crippen LogP contribution in [0.2, 0.25) is 0 Å². The Labute approximate surface area is 89.8 Å². The van der Waals surface area contributed by atoms with Gasteiger partial charge >= 0.3 is 0 Å². The second-order valence-corrected chi connectivity index (χ2v) is 4.17. The van der Waals surface area contributed by atoms with E-state index in [1.807, 2.05) is 0 Å². The number of halogens is 2. The third kappa shape index (κ3) is 1.77. The fourth-order valence-corrected chi connectivity index (χ4v) is 2.15. The van der Waals surface area contributed by atoms with Gasteiger partial charge in [0.1, 0.15) is 11.6 Å². The molecule has 2 rings (SSSR count). The van der Waals surface area contributed by atoms with Crippen molar-refractivity contribution in [3.63, 3.8) is 0 Å². The molecule has 1 heterocycles. The number of aliphatic hydroxyl groups is 1. The van der Waals surface area contributed by atoms with Crippen LogP contribution in [0.3, 0.4) is 0 Å². The summed E-state index contributed by atoms with van der Waals surface area (Å²) in [5.74, 6) is 0.205. The van der Waals surface area contributed by atoms with Gasteiger partial charge in [0.2, 0.25) is 0 Å². The molecule has 76 valence electrons. The highest BCUT2D eigenvalue weighted by atomic mass is 79.9. The Balaban J connectivity index is 2.53. The summed E-state index contributed by atoms with van der Waals surface area (Å²) in [6.45, 7) is 0.564. The first-order valence-electron chi connectivity index (χ1n) is 4.48. The van der Waals surface area contributed by atoms with Crippen LogP contribution in [0.5, 0.6) is 5.75 Å². The second kappa shape index (κ2) is 3.87. The van der Waals surface area contributed by atoms with Crippen LogP contribution >= 0.6 is 15.9 Å². The summed E-state index contributed by atoms with van der Waals surface area (Å²) in [5, 5.41) is 9.72. The molecule has 0 saturated carbocycles. The lowest BCUT2D eigenvalue weighted by Crippen LogP contribution is -1.98. The van der Waals surface area contributed by atoms with Gasteiger partial charge in [0.05, 0.1) is 17.2 Å². The maximum atomic E-state index is 13.1. The maximum absolute atomic E-state index is 13.1. The number of fused-ring (bicyclic) bond motifs is 1. The normalized spacial score (nSPS) is 20.9. The first kappa shape index (κ1) is 9.93. The Morgan fingerprint density at radius 3 is 3.07 bits per heavy atom. The fourth-order valence-electron chi connectivity index (χ4n) is 1.59. The van der Waals surface area contributed by atoms with Crippen molar-refractivity contribution in [2.24, 2.45) is 0 Å². The molecule has 0 aromatic heterocycles. The standard InChI is InChI=1S/C10H10BrFO2/c11-8-5-6(12)4-7-9(13)2-1-3-14-10(7)8/h4-5,9,13H,1-3H2/t9-/m1/s1. The molecule has 0 unspecified atom stereocenters. The van der Waals surface area contributed by atoms with Crippen LogP contribution in [-0.4, -0.2) is 11.7 Å². The molecule has 0 saturated heterocycles. The molecule has 1 aromatic carbocycles. The van der Waals surface area contributed by atoms with E-state index in [0.29, 0.717) is 28.8 Å². The zero-order chi connectivity index (χ0) is 10.1. The van der Waals surface area contributed by atoms with Crippen LogP contribution in [0.15, 0.2) is 16.6 Å². The van der Waals surface area contributed by atoms with Crippen molar-refractivity contribution in [1.29, 1.82) is 0 Å². The SMILES string of the molecule is O[C@@H]1CCCOc2c(Br)cc(F)cc21. The monoisotopic (exact) mass is 260 g/mol. The van der Waals surface area contributed by atoms with Crippen LogP contribution in [0.4, 0.5) is 4.39 Å². The highest BCUT2D eigenvalue weighted by Crippen LogP contribution is 2.37. The number of aliphatic hydroxyl groups excluding tert-OH is 1. The topological polar surface area (TPSA) is 29.5 Å². The predicted octanol–water partition coefficient (Wildman–Crippen LogP) is 2.79. The minimum atomic E-state index is -0.625. The van der Waals surface area contributed by atoms with E-state index in [4.69, 9.17) is 4.74 Å². The lowest BCUT2D eigenvalue weighted by molar-refractivity contribution is 0.167. The maximum Gasteiger partial charge on any atom is 0.139 e. The van der Waals surface area contributed by atoms with Gasteiger partial charge in [-0.3, -0.25) is 0 Å². The molecule has 0 bridgehead atoms. The van der Waals surface area contributed by atoms with Crippen LogP contribution in [0.1, 0.15) is 24.5 Å². The zero-order valence-corrected chi connectivity index (χ0v) is 9.05. The Morgan fingerprint density at radius 2 is 2.29 bits per heavy atom. The van der Waals surface area contributed by atoms with E-state index in [0.717, 1.165) is 6.42 Å².